The molecule has 0 saturated heterocycles. The van der Waals surface area contributed by atoms with Crippen LogP contribution in [0.5, 0.6) is 0 Å². The minimum Gasteiger partial charge on any atom is -0.673 e. The van der Waals surface area contributed by atoms with E-state index in [-0.39, 0.29) is 27.3 Å². The summed E-state index contributed by atoms with van der Waals surface area (Å²) in [4.78, 5) is 0. The van der Waals surface area contributed by atoms with Gasteiger partial charge in [0.25, 0.3) is 0 Å². The van der Waals surface area contributed by atoms with Crippen LogP contribution in [0.2, 0.25) is 13.1 Å². The Labute approximate surface area is 205 Å². The van der Waals surface area contributed by atoms with Gasteiger partial charge in [-0.1, -0.05) is 54.6 Å². The average molecular weight is 455 g/mol. The van der Waals surface area contributed by atoms with Crippen LogP contribution in [0.15, 0.2) is 78.4 Å². The zero-order valence-corrected chi connectivity index (χ0v) is 22.9. The zero-order valence-electron chi connectivity index (χ0n) is 20.2. The molecule has 30 heavy (non-hydrogen) atoms. The Morgan fingerprint density at radius 1 is 0.767 bits per heavy atom. The van der Waals surface area contributed by atoms with E-state index in [2.05, 4.69) is 64.2 Å². The van der Waals surface area contributed by atoms with E-state index in [0.717, 1.165) is 15.9 Å². The van der Waals surface area contributed by atoms with Gasteiger partial charge in [-0.25, -0.2) is 11.6 Å². The van der Waals surface area contributed by atoms with Crippen molar-refractivity contribution >= 4 is 9.52 Å². The Hall–Kier alpha value is -1.19. The largest absolute Gasteiger partial charge is 4.00 e. The molecule has 0 amide bonds. The molecular weight excluding hydrogens is 414 g/mol. The molecule has 1 radical (unpaired) electrons. The third kappa shape index (κ3) is 31.5. The van der Waals surface area contributed by atoms with Gasteiger partial charge < -0.3 is 5.73 Å². The van der Waals surface area contributed by atoms with Crippen molar-refractivity contribution in [3.05, 3.63) is 102 Å². The molecule has 0 heterocycles. The van der Waals surface area contributed by atoms with Crippen molar-refractivity contribution in [3.8, 4) is 0 Å². The van der Waals surface area contributed by atoms with Crippen LogP contribution in [0.25, 0.3) is 5.73 Å². The molecule has 3 heteroatoms. The van der Waals surface area contributed by atoms with Crippen LogP contribution < -0.4 is 0 Å². The van der Waals surface area contributed by atoms with E-state index in [0.29, 0.717) is 5.41 Å². The van der Waals surface area contributed by atoms with Crippen LogP contribution in [0.1, 0.15) is 48.0 Å². The van der Waals surface area contributed by atoms with Gasteiger partial charge in [0.15, 0.2) is 0 Å². The van der Waals surface area contributed by atoms with Crippen LogP contribution in [0, 0.1) is 23.6 Å². The third-order valence-electron chi connectivity index (χ3n) is 2.72. The molecule has 0 saturated carbocycles. The van der Waals surface area contributed by atoms with Crippen LogP contribution in [0.3, 0.4) is 0 Å². The van der Waals surface area contributed by atoms with E-state index in [1.807, 2.05) is 81.4 Å². The fraction of sp³-hybridized carbons (Fsp3) is 0.407. The number of benzene rings is 2. The first-order chi connectivity index (χ1) is 13.5. The first-order valence-corrected chi connectivity index (χ1v) is 12.4. The summed E-state index contributed by atoms with van der Waals surface area (Å²) >= 11 is 0. The van der Waals surface area contributed by atoms with Crippen LogP contribution in [-0.4, -0.2) is 15.1 Å². The fourth-order valence-corrected chi connectivity index (χ4v) is 1.60. The van der Waals surface area contributed by atoms with Crippen molar-refractivity contribution in [2.45, 2.75) is 66.6 Å². The molecule has 0 aromatic heterocycles. The molecule has 0 spiro atoms. The summed E-state index contributed by atoms with van der Waals surface area (Å²) in [5.74, 6) is 0. The zero-order chi connectivity index (χ0) is 22.6. The van der Waals surface area contributed by atoms with Crippen LogP contribution in [-0.2, 0) is 21.7 Å². The van der Waals surface area contributed by atoms with Crippen molar-refractivity contribution in [1.82, 2.24) is 0 Å². The first-order valence-electron chi connectivity index (χ1n) is 10.1. The maximum Gasteiger partial charge on any atom is 4.00 e. The van der Waals surface area contributed by atoms with Crippen molar-refractivity contribution in [3.63, 3.8) is 0 Å². The predicted octanol–water partition coefficient (Wildman–Crippen LogP) is 8.05. The Bertz CT molecular complexity index is 532. The van der Waals surface area contributed by atoms with Crippen LogP contribution in [0.4, 0.5) is 0 Å². The molecule has 3 rings (SSSR count). The number of hydrogen-bond donors (Lipinski definition) is 0. The summed E-state index contributed by atoms with van der Waals surface area (Å²) < 4.78 is 0. The average Bonchev–Trinajstić information content (AvgIpc) is 3.20. The van der Waals surface area contributed by atoms with Gasteiger partial charge in [0, 0.05) is 9.52 Å². The summed E-state index contributed by atoms with van der Waals surface area (Å²) in [5, 5.41) is 0. The number of nitrogens with one attached hydrogen (secondary N) is 1. The van der Waals surface area contributed by atoms with Gasteiger partial charge in [-0.3, -0.25) is 6.08 Å². The second kappa shape index (κ2) is 21.1. The van der Waals surface area contributed by atoms with Gasteiger partial charge in [-0.05, 0) is 5.41 Å². The van der Waals surface area contributed by atoms with Gasteiger partial charge in [0.1, 0.15) is 0 Å². The van der Waals surface area contributed by atoms with E-state index in [1.54, 1.807) is 0 Å². The summed E-state index contributed by atoms with van der Waals surface area (Å²) in [6.07, 6.45) is 8.63. The number of allylic oxidation sites excluding steroid dienone is 4. The van der Waals surface area contributed by atoms with E-state index >= 15 is 0 Å². The smallest absolute Gasteiger partial charge is 0.673 e. The van der Waals surface area contributed by atoms with Gasteiger partial charge in [-0.15, -0.1) is 12.0 Å². The maximum absolute atomic E-state index is 6.94. The first kappa shape index (κ1) is 33.4. The van der Waals surface area contributed by atoms with Gasteiger partial charge in [-0.2, -0.15) is 78.9 Å². The fourth-order valence-electron chi connectivity index (χ4n) is 1.60. The van der Waals surface area contributed by atoms with Gasteiger partial charge >= 0.3 is 21.7 Å². The monoisotopic (exact) mass is 454 g/mol. The molecular formula is C27H40NSiTi. The molecule has 0 fully saturated rings. The number of rotatable bonds is 0. The van der Waals surface area contributed by atoms with E-state index in [4.69, 9.17) is 5.73 Å². The Morgan fingerprint density at radius 2 is 1.10 bits per heavy atom. The summed E-state index contributed by atoms with van der Waals surface area (Å²) in [5.41, 5.74) is 8.34. The molecule has 2 aromatic carbocycles. The quantitative estimate of drug-likeness (QED) is 0.284. The Morgan fingerprint density at radius 3 is 1.20 bits per heavy atom. The molecule has 0 atom stereocenters. The molecule has 1 aliphatic rings. The maximum atomic E-state index is 6.94. The summed E-state index contributed by atoms with van der Waals surface area (Å²) in [6.45, 7) is 16.6. The second-order valence-corrected chi connectivity index (χ2v) is 9.58. The minimum atomic E-state index is -0.250. The molecule has 0 aliphatic heterocycles. The molecule has 0 unspecified atom stereocenters. The van der Waals surface area contributed by atoms with Gasteiger partial charge in [0.05, 0.1) is 0 Å². The molecule has 1 nitrogen and oxygen atoms in total. The third-order valence-corrected chi connectivity index (χ3v) is 2.72. The standard InChI is InChI=1S/C9H13.2C6H5.C4H10N.C2H7Si.Ti/c1-9(2,3)8-6-4-5-7-8;2*1-2-4-6-5-3-1;1-4(2,3)5;1-3-2;/h4,6H,5H2,1-3H3;2*1-5H;5H,1-3H3;3H,1-2H3;/q4*-1;;+4. The SMILES string of the molecule is CC(C)(C)C1=[C-]CC=C1.CC(C)(C)[NH-].C[SiH]C.[Ti+4].[c-]1ccccc1.[c-]1ccccc1. The molecule has 161 valence electrons. The summed E-state index contributed by atoms with van der Waals surface area (Å²) in [7, 11) is 0.750. The van der Waals surface area contributed by atoms with Crippen molar-refractivity contribution in [1.29, 1.82) is 0 Å². The minimum absolute atomic E-state index is 0. The molecule has 0 bridgehead atoms. The molecule has 2 aromatic rings. The normalized spacial score (nSPS) is 11.3. The van der Waals surface area contributed by atoms with E-state index < -0.39 is 0 Å². The van der Waals surface area contributed by atoms with Gasteiger partial charge in [0.2, 0.25) is 0 Å². The molecule has 1 N–H and O–H groups in total. The Balaban J connectivity index is -0.000000314. The number of hydrogen-bond acceptors (Lipinski definition) is 0. The predicted molar refractivity (Wildman–Crippen MR) is 133 cm³/mol. The van der Waals surface area contributed by atoms with Crippen molar-refractivity contribution in [2.75, 3.05) is 0 Å². The van der Waals surface area contributed by atoms with E-state index in [1.165, 1.54) is 5.57 Å². The second-order valence-electron chi connectivity index (χ2n) is 8.43. The van der Waals surface area contributed by atoms with Crippen molar-refractivity contribution < 1.29 is 21.7 Å². The summed E-state index contributed by atoms with van der Waals surface area (Å²) in [6, 6.07) is 25.0. The topological polar surface area (TPSA) is 23.8 Å². The van der Waals surface area contributed by atoms with Crippen molar-refractivity contribution in [2.24, 2.45) is 5.41 Å². The van der Waals surface area contributed by atoms with Crippen LogP contribution >= 0.6 is 0 Å². The molecule has 1 aliphatic carbocycles. The Kier molecular flexibility index (Phi) is 23.5. The van der Waals surface area contributed by atoms with E-state index in [9.17, 15) is 0 Å².